The zero-order chi connectivity index (χ0) is 18.2. The van der Waals surface area contributed by atoms with Gasteiger partial charge in [-0.1, -0.05) is 26.8 Å². The van der Waals surface area contributed by atoms with E-state index in [2.05, 4.69) is 63.3 Å². The molecule has 0 amide bonds. The minimum absolute atomic E-state index is 0.0329. The Balaban J connectivity index is 2.12. The third-order valence-corrected chi connectivity index (χ3v) is 5.11. The molecule has 0 bridgehead atoms. The summed E-state index contributed by atoms with van der Waals surface area (Å²) in [7, 11) is 3.48. The van der Waals surface area contributed by atoms with Crippen LogP contribution in [0.3, 0.4) is 0 Å². The molecule has 0 aromatic heterocycles. The normalized spacial score (nSPS) is 17.1. The van der Waals surface area contributed by atoms with Gasteiger partial charge in [0.1, 0.15) is 11.5 Å². The molecule has 1 heterocycles. The summed E-state index contributed by atoms with van der Waals surface area (Å²) in [5.74, 6) is 1.90. The molecule has 3 nitrogen and oxygen atoms in total. The zero-order valence-electron chi connectivity index (χ0n) is 16.2. The third-order valence-electron chi connectivity index (χ3n) is 5.11. The van der Waals surface area contributed by atoms with Gasteiger partial charge in [0.15, 0.2) is 0 Å². The second-order valence-corrected chi connectivity index (χ2v) is 7.86. The molecule has 2 aromatic carbocycles. The molecule has 1 N–H and O–H groups in total. The first-order chi connectivity index (χ1) is 11.8. The highest BCUT2D eigenvalue weighted by Gasteiger charge is 2.27. The fraction of sp³-hybridized carbons (Fsp3) is 0.455. The molecule has 1 aliphatic heterocycles. The predicted molar refractivity (Wildman–Crippen MR) is 103 cm³/mol. The highest BCUT2D eigenvalue weighted by molar-refractivity contribution is 5.51. The third kappa shape index (κ3) is 3.38. The van der Waals surface area contributed by atoms with E-state index in [4.69, 9.17) is 9.47 Å². The van der Waals surface area contributed by atoms with Crippen molar-refractivity contribution in [1.29, 1.82) is 0 Å². The lowest BCUT2D eigenvalue weighted by atomic mass is 9.81. The van der Waals surface area contributed by atoms with Crippen molar-refractivity contribution in [3.63, 3.8) is 0 Å². The minimum atomic E-state index is 0.0329. The van der Waals surface area contributed by atoms with Crippen LogP contribution in [0.15, 0.2) is 30.3 Å². The van der Waals surface area contributed by atoms with Crippen molar-refractivity contribution in [3.8, 4) is 11.5 Å². The fourth-order valence-electron chi connectivity index (χ4n) is 3.71. The van der Waals surface area contributed by atoms with E-state index in [1.54, 1.807) is 14.2 Å². The van der Waals surface area contributed by atoms with E-state index in [0.717, 1.165) is 24.5 Å². The molecule has 0 fully saturated rings. The second kappa shape index (κ2) is 6.72. The Morgan fingerprint density at radius 2 is 1.76 bits per heavy atom. The van der Waals surface area contributed by atoms with Gasteiger partial charge in [-0.05, 0) is 70.8 Å². The minimum Gasteiger partial charge on any atom is -0.497 e. The summed E-state index contributed by atoms with van der Waals surface area (Å²) >= 11 is 0. The Kier molecular flexibility index (Phi) is 4.79. The zero-order valence-corrected chi connectivity index (χ0v) is 16.2. The van der Waals surface area contributed by atoms with Crippen LogP contribution in [-0.4, -0.2) is 20.8 Å². The van der Waals surface area contributed by atoms with Gasteiger partial charge in [0, 0.05) is 6.54 Å². The number of methoxy groups -OCH3 is 2. The Bertz CT molecular complexity index is 774. The lowest BCUT2D eigenvalue weighted by Gasteiger charge is -2.31. The van der Waals surface area contributed by atoms with Gasteiger partial charge in [-0.25, -0.2) is 0 Å². The predicted octanol–water partition coefficient (Wildman–Crippen LogP) is 4.54. The summed E-state index contributed by atoms with van der Waals surface area (Å²) in [5, 5.41) is 3.70. The van der Waals surface area contributed by atoms with Gasteiger partial charge in [-0.2, -0.15) is 0 Å². The van der Waals surface area contributed by atoms with Crippen LogP contribution in [0.1, 0.15) is 54.6 Å². The van der Waals surface area contributed by atoms with Crippen LogP contribution in [0.25, 0.3) is 0 Å². The van der Waals surface area contributed by atoms with Crippen molar-refractivity contribution >= 4 is 0 Å². The molecule has 2 aromatic rings. The van der Waals surface area contributed by atoms with E-state index in [-0.39, 0.29) is 11.5 Å². The molecule has 1 atom stereocenters. The smallest absolute Gasteiger partial charge is 0.122 e. The highest BCUT2D eigenvalue weighted by Crippen LogP contribution is 2.38. The van der Waals surface area contributed by atoms with E-state index in [9.17, 15) is 0 Å². The Labute approximate surface area is 151 Å². The molecule has 0 saturated heterocycles. The first kappa shape index (κ1) is 17.8. The Morgan fingerprint density at radius 3 is 2.40 bits per heavy atom. The van der Waals surface area contributed by atoms with Crippen molar-refractivity contribution in [2.24, 2.45) is 0 Å². The van der Waals surface area contributed by atoms with Crippen molar-refractivity contribution in [2.75, 3.05) is 20.8 Å². The SMILES string of the molecule is COc1ccc2c(c1)CCNC2c1cc(C(C)(C)C)c(OC)cc1C. The number of hydrogen-bond acceptors (Lipinski definition) is 3. The summed E-state index contributed by atoms with van der Waals surface area (Å²) in [6, 6.07) is 11.1. The molecule has 0 aliphatic carbocycles. The number of rotatable bonds is 3. The average molecular weight is 339 g/mol. The number of ether oxygens (including phenoxy) is 2. The molecule has 134 valence electrons. The Morgan fingerprint density at radius 1 is 1.00 bits per heavy atom. The lowest BCUT2D eigenvalue weighted by Crippen LogP contribution is -2.31. The standard InChI is InChI=1S/C22H29NO2/c1-14-11-20(25-6)19(22(2,3)4)13-18(14)21-17-8-7-16(24-5)12-15(17)9-10-23-21/h7-8,11-13,21,23H,9-10H2,1-6H3. The van der Waals surface area contributed by atoms with Crippen molar-refractivity contribution in [3.05, 3.63) is 58.1 Å². The van der Waals surface area contributed by atoms with E-state index in [1.165, 1.54) is 27.8 Å². The molecule has 3 rings (SSSR count). The second-order valence-electron chi connectivity index (χ2n) is 7.86. The number of benzene rings is 2. The summed E-state index contributed by atoms with van der Waals surface area (Å²) in [5.41, 5.74) is 6.59. The highest BCUT2D eigenvalue weighted by atomic mass is 16.5. The summed E-state index contributed by atoms with van der Waals surface area (Å²) in [6.45, 7) is 9.84. The van der Waals surface area contributed by atoms with E-state index < -0.39 is 0 Å². The van der Waals surface area contributed by atoms with Gasteiger partial charge in [0.2, 0.25) is 0 Å². The van der Waals surface area contributed by atoms with Crippen LogP contribution in [0.5, 0.6) is 11.5 Å². The number of fused-ring (bicyclic) bond motifs is 1. The Hall–Kier alpha value is -2.00. The van der Waals surface area contributed by atoms with Crippen LogP contribution in [0.2, 0.25) is 0 Å². The summed E-state index contributed by atoms with van der Waals surface area (Å²) < 4.78 is 11.1. The van der Waals surface area contributed by atoms with Gasteiger partial charge in [0.25, 0.3) is 0 Å². The molecule has 0 radical (unpaired) electrons. The van der Waals surface area contributed by atoms with Crippen LogP contribution in [0.4, 0.5) is 0 Å². The summed E-state index contributed by atoms with van der Waals surface area (Å²) in [4.78, 5) is 0. The quantitative estimate of drug-likeness (QED) is 0.890. The first-order valence-corrected chi connectivity index (χ1v) is 8.94. The maximum absolute atomic E-state index is 5.66. The van der Waals surface area contributed by atoms with E-state index >= 15 is 0 Å². The molecule has 3 heteroatoms. The van der Waals surface area contributed by atoms with Crippen LogP contribution in [-0.2, 0) is 11.8 Å². The van der Waals surface area contributed by atoms with E-state index in [1.807, 2.05) is 0 Å². The van der Waals surface area contributed by atoms with Crippen molar-refractivity contribution < 1.29 is 9.47 Å². The van der Waals surface area contributed by atoms with Crippen LogP contribution in [0, 0.1) is 6.92 Å². The van der Waals surface area contributed by atoms with Gasteiger partial charge < -0.3 is 14.8 Å². The van der Waals surface area contributed by atoms with Crippen molar-refractivity contribution in [2.45, 2.75) is 45.6 Å². The molecule has 0 saturated carbocycles. The van der Waals surface area contributed by atoms with Crippen LogP contribution >= 0.6 is 0 Å². The van der Waals surface area contributed by atoms with Crippen LogP contribution < -0.4 is 14.8 Å². The molecule has 25 heavy (non-hydrogen) atoms. The molecule has 1 aliphatic rings. The van der Waals surface area contributed by atoms with Crippen molar-refractivity contribution in [1.82, 2.24) is 5.32 Å². The van der Waals surface area contributed by atoms with E-state index in [0.29, 0.717) is 0 Å². The lowest BCUT2D eigenvalue weighted by molar-refractivity contribution is 0.396. The molecular weight excluding hydrogens is 310 g/mol. The number of aryl methyl sites for hydroxylation is 1. The summed E-state index contributed by atoms with van der Waals surface area (Å²) in [6.07, 6.45) is 1.03. The molecule has 1 unspecified atom stereocenters. The molecule has 0 spiro atoms. The fourth-order valence-corrected chi connectivity index (χ4v) is 3.71. The monoisotopic (exact) mass is 339 g/mol. The number of nitrogens with one attached hydrogen (secondary N) is 1. The van der Waals surface area contributed by atoms with Gasteiger partial charge >= 0.3 is 0 Å². The van der Waals surface area contributed by atoms with Gasteiger partial charge in [-0.15, -0.1) is 0 Å². The largest absolute Gasteiger partial charge is 0.497 e. The molecular formula is C22H29NO2. The average Bonchev–Trinajstić information content (AvgIpc) is 2.59. The maximum atomic E-state index is 5.66. The topological polar surface area (TPSA) is 30.5 Å². The van der Waals surface area contributed by atoms with Gasteiger partial charge in [0.05, 0.1) is 20.3 Å². The number of hydrogen-bond donors (Lipinski definition) is 1. The maximum Gasteiger partial charge on any atom is 0.122 e. The first-order valence-electron chi connectivity index (χ1n) is 8.94. The van der Waals surface area contributed by atoms with Gasteiger partial charge in [-0.3, -0.25) is 0 Å².